The summed E-state index contributed by atoms with van der Waals surface area (Å²) in [4.78, 5) is 0. The third kappa shape index (κ3) is 2.11. The summed E-state index contributed by atoms with van der Waals surface area (Å²) in [6.45, 7) is 4.36. The maximum Gasteiger partial charge on any atom is 0.127 e. The predicted octanol–water partition coefficient (Wildman–Crippen LogP) is 4.20. The van der Waals surface area contributed by atoms with Gasteiger partial charge in [0.15, 0.2) is 0 Å². The first-order valence-corrected chi connectivity index (χ1v) is 6.15. The van der Waals surface area contributed by atoms with Crippen molar-refractivity contribution in [3.63, 3.8) is 0 Å². The summed E-state index contributed by atoms with van der Waals surface area (Å²) in [5, 5.41) is 0.906. The van der Waals surface area contributed by atoms with Crippen LogP contribution in [0.5, 0.6) is 0 Å². The zero-order valence-electron chi connectivity index (χ0n) is 8.59. The third-order valence-corrected chi connectivity index (χ3v) is 3.61. The monoisotopic (exact) mass is 254 g/mol. The average Bonchev–Trinajstić information content (AvgIpc) is 2.73. The summed E-state index contributed by atoms with van der Waals surface area (Å²) in [5.41, 5.74) is 1.29. The van der Waals surface area contributed by atoms with Gasteiger partial charge in [0.2, 0.25) is 0 Å². The Balaban J connectivity index is 2.10. The van der Waals surface area contributed by atoms with Crippen molar-refractivity contribution in [2.45, 2.75) is 26.2 Å². The highest BCUT2D eigenvalue weighted by Crippen LogP contribution is 2.47. The van der Waals surface area contributed by atoms with Crippen molar-refractivity contribution in [3.05, 3.63) is 29.2 Å². The van der Waals surface area contributed by atoms with Crippen molar-refractivity contribution in [1.29, 1.82) is 0 Å². The molecule has 2 atom stereocenters. The second-order valence-electron chi connectivity index (χ2n) is 4.18. The fourth-order valence-corrected chi connectivity index (χ4v) is 1.81. The lowest BCUT2D eigenvalue weighted by atomic mass is 10.2. The van der Waals surface area contributed by atoms with Crippen molar-refractivity contribution < 1.29 is 4.42 Å². The Kier molecular flexibility index (Phi) is 2.82. The molecule has 2 rings (SSSR count). The number of halogens is 1. The molecule has 1 aromatic rings. The number of furan rings is 1. The Morgan fingerprint density at radius 1 is 1.64 bits per heavy atom. The van der Waals surface area contributed by atoms with Gasteiger partial charge in [0.1, 0.15) is 11.5 Å². The normalized spacial score (nSPS) is 26.6. The van der Waals surface area contributed by atoms with Gasteiger partial charge in [-0.25, -0.2) is 0 Å². The molecular formula is C12H15BrO. The Hall–Kier alpha value is -0.500. The molecule has 0 aliphatic heterocycles. The van der Waals surface area contributed by atoms with Gasteiger partial charge in [-0.2, -0.15) is 0 Å². The highest BCUT2D eigenvalue weighted by Gasteiger charge is 2.36. The Morgan fingerprint density at radius 2 is 2.36 bits per heavy atom. The Morgan fingerprint density at radius 3 is 2.93 bits per heavy atom. The Bertz CT molecular complexity index is 351. The van der Waals surface area contributed by atoms with E-state index in [1.165, 1.54) is 12.0 Å². The molecule has 1 aromatic heterocycles. The largest absolute Gasteiger partial charge is 0.461 e. The van der Waals surface area contributed by atoms with Gasteiger partial charge >= 0.3 is 0 Å². The maximum absolute atomic E-state index is 5.75. The summed E-state index contributed by atoms with van der Waals surface area (Å²) < 4.78 is 5.75. The number of hydrogen-bond acceptors (Lipinski definition) is 1. The molecule has 14 heavy (non-hydrogen) atoms. The zero-order chi connectivity index (χ0) is 10.1. The molecule has 0 bridgehead atoms. The second-order valence-corrected chi connectivity index (χ2v) is 4.74. The van der Waals surface area contributed by atoms with E-state index in [-0.39, 0.29) is 0 Å². The van der Waals surface area contributed by atoms with Crippen LogP contribution in [0, 0.1) is 5.92 Å². The van der Waals surface area contributed by atoms with Crippen LogP contribution in [0.25, 0.3) is 6.08 Å². The van der Waals surface area contributed by atoms with Gasteiger partial charge in [0.25, 0.3) is 0 Å². The quantitative estimate of drug-likeness (QED) is 0.737. The standard InChI is InChI=1S/C12H15BrO/c1-8(7-13)5-10-3-4-12(14-10)11-6-9(11)2/h3-5,9,11H,6-7H2,1-2H3. The van der Waals surface area contributed by atoms with Crippen LogP contribution in [0.2, 0.25) is 0 Å². The summed E-state index contributed by atoms with van der Waals surface area (Å²) >= 11 is 3.42. The summed E-state index contributed by atoms with van der Waals surface area (Å²) in [6, 6.07) is 4.17. The number of allylic oxidation sites excluding steroid dienone is 1. The van der Waals surface area contributed by atoms with E-state index in [0.717, 1.165) is 22.8 Å². The number of hydrogen-bond donors (Lipinski definition) is 0. The zero-order valence-corrected chi connectivity index (χ0v) is 10.2. The molecule has 0 N–H and O–H groups in total. The number of rotatable bonds is 3. The van der Waals surface area contributed by atoms with Gasteiger partial charge in [-0.05, 0) is 37.5 Å². The molecule has 1 heterocycles. The van der Waals surface area contributed by atoms with Crippen LogP contribution in [0.4, 0.5) is 0 Å². The molecular weight excluding hydrogens is 240 g/mol. The van der Waals surface area contributed by atoms with Crippen molar-refractivity contribution in [2.75, 3.05) is 5.33 Å². The van der Waals surface area contributed by atoms with Crippen LogP contribution < -0.4 is 0 Å². The SMILES string of the molecule is CC(=Cc1ccc(C2CC2C)o1)CBr. The first-order valence-electron chi connectivity index (χ1n) is 5.03. The average molecular weight is 255 g/mol. The molecule has 1 aliphatic carbocycles. The molecule has 1 fully saturated rings. The molecule has 1 aliphatic rings. The van der Waals surface area contributed by atoms with Crippen LogP contribution in [0.3, 0.4) is 0 Å². The van der Waals surface area contributed by atoms with Crippen LogP contribution in [-0.2, 0) is 0 Å². The van der Waals surface area contributed by atoms with Crippen molar-refractivity contribution in [2.24, 2.45) is 5.92 Å². The van der Waals surface area contributed by atoms with Gasteiger partial charge in [0, 0.05) is 11.2 Å². The third-order valence-electron chi connectivity index (χ3n) is 2.72. The molecule has 0 saturated heterocycles. The molecule has 2 heteroatoms. The minimum Gasteiger partial charge on any atom is -0.461 e. The Labute approximate surface area is 93.3 Å². The van der Waals surface area contributed by atoms with E-state index in [1.807, 2.05) is 0 Å². The predicted molar refractivity (Wildman–Crippen MR) is 62.7 cm³/mol. The van der Waals surface area contributed by atoms with Crippen LogP contribution in [-0.4, -0.2) is 5.33 Å². The number of alkyl halides is 1. The van der Waals surface area contributed by atoms with E-state index in [2.05, 4.69) is 48.0 Å². The van der Waals surface area contributed by atoms with E-state index in [9.17, 15) is 0 Å². The van der Waals surface area contributed by atoms with E-state index >= 15 is 0 Å². The first-order chi connectivity index (χ1) is 6.70. The maximum atomic E-state index is 5.75. The van der Waals surface area contributed by atoms with Crippen molar-refractivity contribution in [3.8, 4) is 0 Å². The summed E-state index contributed by atoms with van der Waals surface area (Å²) in [5.74, 6) is 3.64. The molecule has 2 unspecified atom stereocenters. The molecule has 1 nitrogen and oxygen atoms in total. The lowest BCUT2D eigenvalue weighted by Gasteiger charge is -1.92. The van der Waals surface area contributed by atoms with Gasteiger partial charge in [-0.3, -0.25) is 0 Å². The van der Waals surface area contributed by atoms with Crippen LogP contribution in [0.1, 0.15) is 37.7 Å². The van der Waals surface area contributed by atoms with Gasteiger partial charge in [-0.15, -0.1) is 0 Å². The minimum atomic E-state index is 0.682. The fourth-order valence-electron chi connectivity index (χ4n) is 1.65. The van der Waals surface area contributed by atoms with E-state index in [4.69, 9.17) is 4.42 Å². The molecule has 76 valence electrons. The molecule has 1 saturated carbocycles. The fraction of sp³-hybridized carbons (Fsp3) is 0.500. The lowest BCUT2D eigenvalue weighted by Crippen LogP contribution is -1.76. The topological polar surface area (TPSA) is 13.1 Å². The lowest BCUT2D eigenvalue weighted by molar-refractivity contribution is 0.497. The van der Waals surface area contributed by atoms with E-state index in [0.29, 0.717) is 5.92 Å². The van der Waals surface area contributed by atoms with E-state index < -0.39 is 0 Å². The van der Waals surface area contributed by atoms with E-state index in [1.54, 1.807) is 0 Å². The van der Waals surface area contributed by atoms with Crippen molar-refractivity contribution >= 4 is 22.0 Å². The van der Waals surface area contributed by atoms with Crippen molar-refractivity contribution in [1.82, 2.24) is 0 Å². The summed E-state index contributed by atoms with van der Waals surface area (Å²) in [6.07, 6.45) is 3.37. The molecule has 0 amide bonds. The van der Waals surface area contributed by atoms with Crippen LogP contribution in [0.15, 0.2) is 22.1 Å². The molecule has 0 radical (unpaired) electrons. The minimum absolute atomic E-state index is 0.682. The second kappa shape index (κ2) is 3.93. The van der Waals surface area contributed by atoms with Gasteiger partial charge < -0.3 is 4.42 Å². The van der Waals surface area contributed by atoms with Gasteiger partial charge in [0.05, 0.1) is 0 Å². The molecule has 0 aromatic carbocycles. The van der Waals surface area contributed by atoms with Crippen LogP contribution >= 0.6 is 15.9 Å². The first kappa shape index (κ1) is 10.0. The summed E-state index contributed by atoms with van der Waals surface area (Å²) in [7, 11) is 0. The highest BCUT2D eigenvalue weighted by molar-refractivity contribution is 9.09. The smallest absolute Gasteiger partial charge is 0.127 e. The highest BCUT2D eigenvalue weighted by atomic mass is 79.9. The molecule has 0 spiro atoms. The van der Waals surface area contributed by atoms with Gasteiger partial charge in [-0.1, -0.05) is 28.4 Å².